The van der Waals surface area contributed by atoms with Gasteiger partial charge in [0.15, 0.2) is 5.82 Å². The molecule has 0 radical (unpaired) electrons. The van der Waals surface area contributed by atoms with E-state index in [4.69, 9.17) is 16.1 Å². The highest BCUT2D eigenvalue weighted by atomic mass is 35.5. The van der Waals surface area contributed by atoms with Crippen LogP contribution in [0.2, 0.25) is 5.02 Å². The Kier molecular flexibility index (Phi) is 4.67. The Morgan fingerprint density at radius 2 is 2.16 bits per heavy atom. The quantitative estimate of drug-likeness (QED) is 0.774. The third-order valence-corrected chi connectivity index (χ3v) is 3.86. The van der Waals surface area contributed by atoms with Crippen LogP contribution in [-0.4, -0.2) is 15.6 Å². The molecular weight excluding hydrogens is 349 g/mol. The molecule has 2 aromatic heterocycles. The predicted molar refractivity (Wildman–Crippen MR) is 90.4 cm³/mol. The molecule has 0 unspecified atom stereocenters. The average Bonchev–Trinajstić information content (AvgIpc) is 2.97. The first-order valence-electron chi connectivity index (χ1n) is 7.32. The van der Waals surface area contributed by atoms with Gasteiger partial charge >= 0.3 is 0 Å². The van der Waals surface area contributed by atoms with Crippen LogP contribution in [0.1, 0.15) is 21.7 Å². The Bertz CT molecular complexity index is 977. The lowest BCUT2D eigenvalue weighted by Crippen LogP contribution is -2.23. The summed E-state index contributed by atoms with van der Waals surface area (Å²) < 4.78 is 20.0. The smallest absolute Gasteiger partial charge is 0.258 e. The summed E-state index contributed by atoms with van der Waals surface area (Å²) in [4.78, 5) is 24.3. The average molecular weight is 362 g/mol. The van der Waals surface area contributed by atoms with Crippen molar-refractivity contribution in [1.82, 2.24) is 9.72 Å². The highest BCUT2D eigenvalue weighted by Crippen LogP contribution is 2.19. The monoisotopic (exact) mass is 361 g/mol. The van der Waals surface area contributed by atoms with Gasteiger partial charge in [-0.15, -0.1) is 0 Å². The number of carbonyl (C=O) groups is 1. The highest BCUT2D eigenvalue weighted by Gasteiger charge is 2.13. The second-order valence-electron chi connectivity index (χ2n) is 5.36. The molecule has 3 rings (SSSR count). The minimum absolute atomic E-state index is 0.0888. The standard InChI is InChI=1S/C17H13ClFN3O3/c1-10-7-15(21-25-10)20-17(24)11-5-6-16(23)22(8-11)9-12-13(18)3-2-4-14(12)19/h2-8H,9H2,1H3,(H,20,21,24). The second-order valence-corrected chi connectivity index (χ2v) is 5.77. The first-order chi connectivity index (χ1) is 11.9. The maximum atomic E-state index is 13.9. The fourth-order valence-corrected chi connectivity index (χ4v) is 2.48. The maximum absolute atomic E-state index is 13.9. The summed E-state index contributed by atoms with van der Waals surface area (Å²) in [5.41, 5.74) is 0.0109. The number of pyridine rings is 1. The van der Waals surface area contributed by atoms with Gasteiger partial charge in [-0.2, -0.15) is 0 Å². The van der Waals surface area contributed by atoms with Gasteiger partial charge in [0, 0.05) is 28.9 Å². The highest BCUT2D eigenvalue weighted by molar-refractivity contribution is 6.31. The van der Waals surface area contributed by atoms with Gasteiger partial charge in [0.1, 0.15) is 11.6 Å². The number of nitrogens with zero attached hydrogens (tertiary/aromatic N) is 2. The molecule has 0 atom stereocenters. The van der Waals surface area contributed by atoms with Crippen molar-refractivity contribution in [2.75, 3.05) is 5.32 Å². The summed E-state index contributed by atoms with van der Waals surface area (Å²) in [6.45, 7) is 1.61. The van der Waals surface area contributed by atoms with Gasteiger partial charge < -0.3 is 14.4 Å². The van der Waals surface area contributed by atoms with Gasteiger partial charge in [0.2, 0.25) is 0 Å². The Morgan fingerprint density at radius 1 is 1.36 bits per heavy atom. The van der Waals surface area contributed by atoms with Crippen LogP contribution in [-0.2, 0) is 6.54 Å². The molecule has 0 saturated carbocycles. The fourth-order valence-electron chi connectivity index (χ4n) is 2.26. The number of halogens is 2. The summed E-state index contributed by atoms with van der Waals surface area (Å²) in [6.07, 6.45) is 1.34. The van der Waals surface area contributed by atoms with Gasteiger partial charge in [-0.05, 0) is 25.1 Å². The normalized spacial score (nSPS) is 10.7. The lowest BCUT2D eigenvalue weighted by molar-refractivity contribution is 0.102. The number of carbonyl (C=O) groups excluding carboxylic acids is 1. The number of hydrogen-bond donors (Lipinski definition) is 1. The summed E-state index contributed by atoms with van der Waals surface area (Å²) in [5, 5.41) is 6.43. The SMILES string of the molecule is Cc1cc(NC(=O)c2ccc(=O)n(Cc3c(F)cccc3Cl)c2)no1. The van der Waals surface area contributed by atoms with Crippen LogP contribution in [0.5, 0.6) is 0 Å². The lowest BCUT2D eigenvalue weighted by atomic mass is 10.2. The van der Waals surface area contributed by atoms with Crippen LogP contribution >= 0.6 is 11.6 Å². The van der Waals surface area contributed by atoms with Crippen LogP contribution in [0.25, 0.3) is 0 Å². The first-order valence-corrected chi connectivity index (χ1v) is 7.70. The van der Waals surface area contributed by atoms with Gasteiger partial charge in [0.05, 0.1) is 12.1 Å². The largest absolute Gasteiger partial charge is 0.360 e. The van der Waals surface area contributed by atoms with E-state index in [0.717, 1.165) is 0 Å². The Morgan fingerprint density at radius 3 is 2.84 bits per heavy atom. The minimum atomic E-state index is -0.521. The fraction of sp³-hybridized carbons (Fsp3) is 0.118. The molecule has 2 heterocycles. The van der Waals surface area contributed by atoms with Crippen LogP contribution in [0.3, 0.4) is 0 Å². The molecule has 1 aromatic carbocycles. The molecule has 6 nitrogen and oxygen atoms in total. The third kappa shape index (κ3) is 3.77. The summed E-state index contributed by atoms with van der Waals surface area (Å²) in [5.74, 6) is -0.180. The van der Waals surface area contributed by atoms with Crippen LogP contribution in [0.4, 0.5) is 10.2 Å². The third-order valence-electron chi connectivity index (χ3n) is 3.51. The van der Waals surface area contributed by atoms with E-state index >= 15 is 0 Å². The molecule has 0 aliphatic rings. The zero-order chi connectivity index (χ0) is 18.0. The van der Waals surface area contributed by atoms with Crippen molar-refractivity contribution in [2.24, 2.45) is 0 Å². The number of rotatable bonds is 4. The number of benzene rings is 1. The summed E-state index contributed by atoms with van der Waals surface area (Å²) in [7, 11) is 0. The number of nitrogens with one attached hydrogen (secondary N) is 1. The Balaban J connectivity index is 1.88. The molecule has 1 N–H and O–H groups in total. The second kappa shape index (κ2) is 6.90. The number of anilines is 1. The van der Waals surface area contributed by atoms with Crippen LogP contribution in [0.15, 0.2) is 51.9 Å². The van der Waals surface area contributed by atoms with E-state index in [2.05, 4.69) is 10.5 Å². The molecule has 0 bridgehead atoms. The number of aryl methyl sites for hydroxylation is 1. The zero-order valence-corrected chi connectivity index (χ0v) is 13.9. The predicted octanol–water partition coefficient (Wildman–Crippen LogP) is 3.24. The van der Waals surface area contributed by atoms with E-state index in [1.165, 1.54) is 41.1 Å². The molecule has 8 heteroatoms. The van der Waals surface area contributed by atoms with Crippen molar-refractivity contribution in [1.29, 1.82) is 0 Å². The number of aromatic nitrogens is 2. The lowest BCUT2D eigenvalue weighted by Gasteiger charge is -2.10. The van der Waals surface area contributed by atoms with Gasteiger partial charge in [-0.25, -0.2) is 4.39 Å². The zero-order valence-electron chi connectivity index (χ0n) is 13.1. The molecule has 3 aromatic rings. The molecule has 0 aliphatic carbocycles. The van der Waals surface area contributed by atoms with Gasteiger partial charge in [-0.3, -0.25) is 9.59 Å². The first kappa shape index (κ1) is 16.9. The molecule has 0 fully saturated rings. The molecule has 128 valence electrons. The summed E-state index contributed by atoms with van der Waals surface area (Å²) in [6, 6.07) is 8.45. The molecule has 1 amide bonds. The van der Waals surface area contributed by atoms with E-state index in [0.29, 0.717) is 5.76 Å². The Labute approximate surface area is 146 Å². The van der Waals surface area contributed by atoms with Crippen molar-refractivity contribution < 1.29 is 13.7 Å². The van der Waals surface area contributed by atoms with E-state index < -0.39 is 11.7 Å². The number of amides is 1. The minimum Gasteiger partial charge on any atom is -0.360 e. The van der Waals surface area contributed by atoms with E-state index in [1.54, 1.807) is 13.0 Å². The number of hydrogen-bond acceptors (Lipinski definition) is 4. The molecule has 25 heavy (non-hydrogen) atoms. The molecule has 0 spiro atoms. The van der Waals surface area contributed by atoms with Crippen molar-refractivity contribution in [3.8, 4) is 0 Å². The molecule has 0 aliphatic heterocycles. The maximum Gasteiger partial charge on any atom is 0.258 e. The van der Waals surface area contributed by atoms with Crippen molar-refractivity contribution in [3.63, 3.8) is 0 Å². The Hall–Kier alpha value is -2.93. The molecule has 0 saturated heterocycles. The summed E-state index contributed by atoms with van der Waals surface area (Å²) >= 11 is 5.99. The van der Waals surface area contributed by atoms with Crippen LogP contribution < -0.4 is 10.9 Å². The van der Waals surface area contributed by atoms with Crippen molar-refractivity contribution in [3.05, 3.63) is 80.7 Å². The topological polar surface area (TPSA) is 77.1 Å². The van der Waals surface area contributed by atoms with E-state index in [-0.39, 0.29) is 34.1 Å². The van der Waals surface area contributed by atoms with Crippen molar-refractivity contribution in [2.45, 2.75) is 13.5 Å². The molecular formula is C17H13ClFN3O3. The van der Waals surface area contributed by atoms with Gasteiger partial charge in [0.25, 0.3) is 11.5 Å². The van der Waals surface area contributed by atoms with E-state index in [9.17, 15) is 14.0 Å². The van der Waals surface area contributed by atoms with Crippen molar-refractivity contribution >= 4 is 23.3 Å². The van der Waals surface area contributed by atoms with Gasteiger partial charge in [-0.1, -0.05) is 22.8 Å². The van der Waals surface area contributed by atoms with E-state index in [1.807, 2.05) is 0 Å². The van der Waals surface area contributed by atoms with Crippen LogP contribution in [0, 0.1) is 12.7 Å².